The van der Waals surface area contributed by atoms with Crippen LogP contribution >= 0.6 is 11.6 Å². The van der Waals surface area contributed by atoms with Gasteiger partial charge >= 0.3 is 0 Å². The Balaban J connectivity index is 1.74. The monoisotopic (exact) mass is 423 g/mol. The van der Waals surface area contributed by atoms with Crippen molar-refractivity contribution in [3.63, 3.8) is 0 Å². The van der Waals surface area contributed by atoms with Crippen LogP contribution in [0.2, 0.25) is 5.02 Å². The van der Waals surface area contributed by atoms with E-state index in [0.29, 0.717) is 45.5 Å². The lowest BCUT2D eigenvalue weighted by atomic mass is 10.1. The molecule has 30 heavy (non-hydrogen) atoms. The molecular weight excluding hydrogens is 406 g/mol. The van der Waals surface area contributed by atoms with Gasteiger partial charge in [0.15, 0.2) is 5.69 Å². The average Bonchev–Trinajstić information content (AvgIpc) is 2.73. The van der Waals surface area contributed by atoms with Crippen LogP contribution in [0.5, 0.6) is 0 Å². The number of aromatic amines is 2. The molecule has 0 aliphatic carbocycles. The average molecular weight is 424 g/mol. The lowest BCUT2D eigenvalue weighted by Gasteiger charge is -2.21. The van der Waals surface area contributed by atoms with E-state index in [1.165, 1.54) is 0 Å². The maximum atomic E-state index is 13.3. The number of hydrogen-bond acceptors (Lipinski definition) is 5. The van der Waals surface area contributed by atoms with Crippen molar-refractivity contribution < 1.29 is 4.79 Å². The number of rotatable bonds is 5. The van der Waals surface area contributed by atoms with Gasteiger partial charge in [0.2, 0.25) is 0 Å². The fourth-order valence-corrected chi connectivity index (χ4v) is 3.53. The predicted octanol–water partition coefficient (Wildman–Crippen LogP) is 2.87. The predicted molar refractivity (Wildman–Crippen MR) is 115 cm³/mol. The molecule has 8 nitrogen and oxygen atoms in total. The van der Waals surface area contributed by atoms with Crippen LogP contribution in [0, 0.1) is 0 Å². The summed E-state index contributed by atoms with van der Waals surface area (Å²) in [5.74, 6) is -0.0246. The first-order chi connectivity index (χ1) is 14.5. The van der Waals surface area contributed by atoms with Crippen LogP contribution in [0.4, 0.5) is 0 Å². The summed E-state index contributed by atoms with van der Waals surface area (Å²) in [6.45, 7) is 2.44. The smallest absolute Gasteiger partial charge is 0.275 e. The van der Waals surface area contributed by atoms with Crippen LogP contribution in [-0.2, 0) is 6.54 Å². The zero-order valence-electron chi connectivity index (χ0n) is 16.1. The number of carbonyl (C=O) groups is 1. The summed E-state index contributed by atoms with van der Waals surface area (Å²) >= 11 is 6.02. The molecule has 2 N–H and O–H groups in total. The molecular formula is C21H18ClN5O3. The summed E-state index contributed by atoms with van der Waals surface area (Å²) < 4.78 is 0. The maximum absolute atomic E-state index is 13.3. The number of H-pyrrole nitrogens is 2. The van der Waals surface area contributed by atoms with Gasteiger partial charge in [0.05, 0.1) is 22.8 Å². The van der Waals surface area contributed by atoms with E-state index >= 15 is 0 Å². The highest BCUT2D eigenvalue weighted by atomic mass is 35.5. The van der Waals surface area contributed by atoms with E-state index in [-0.39, 0.29) is 29.3 Å². The molecule has 0 saturated heterocycles. The van der Waals surface area contributed by atoms with Gasteiger partial charge in [0, 0.05) is 17.0 Å². The maximum Gasteiger partial charge on any atom is 0.275 e. The fraction of sp³-hybridized carbons (Fsp3) is 0.190. The standard InChI is InChI=1S/C21H18ClN5O3/c1-2-9-27(11-17-23-16-10-12(22)7-8-15(16)19(28)24-17)21(30)18-13-5-3-4-6-14(13)20(29)26-25-18/h3-8,10H,2,9,11H2,1H3,(H,26,29)(H,23,24,28). The summed E-state index contributed by atoms with van der Waals surface area (Å²) in [5.41, 5.74) is -0.0626. The number of nitrogens with zero attached hydrogens (tertiary/aromatic N) is 3. The van der Waals surface area contributed by atoms with Gasteiger partial charge in [-0.3, -0.25) is 14.4 Å². The van der Waals surface area contributed by atoms with Gasteiger partial charge in [-0.25, -0.2) is 10.1 Å². The van der Waals surface area contributed by atoms with E-state index in [1.807, 2.05) is 6.92 Å². The van der Waals surface area contributed by atoms with Gasteiger partial charge in [-0.15, -0.1) is 0 Å². The largest absolute Gasteiger partial charge is 0.330 e. The van der Waals surface area contributed by atoms with Crippen LogP contribution in [0.15, 0.2) is 52.1 Å². The Morgan fingerprint density at radius 3 is 2.60 bits per heavy atom. The van der Waals surface area contributed by atoms with Crippen LogP contribution in [0.25, 0.3) is 21.7 Å². The Morgan fingerprint density at radius 1 is 1.07 bits per heavy atom. The van der Waals surface area contributed by atoms with Gasteiger partial charge < -0.3 is 9.88 Å². The molecule has 0 radical (unpaired) electrons. The van der Waals surface area contributed by atoms with Gasteiger partial charge in [0.1, 0.15) is 5.82 Å². The lowest BCUT2D eigenvalue weighted by Crippen LogP contribution is -2.34. The molecule has 2 aromatic carbocycles. The molecule has 4 rings (SSSR count). The molecule has 2 aromatic heterocycles. The van der Waals surface area contributed by atoms with E-state index in [0.717, 1.165) is 0 Å². The van der Waals surface area contributed by atoms with Crippen molar-refractivity contribution in [1.29, 1.82) is 0 Å². The molecule has 0 aliphatic heterocycles. The zero-order chi connectivity index (χ0) is 21.3. The number of hydrogen-bond donors (Lipinski definition) is 2. The Morgan fingerprint density at radius 2 is 1.83 bits per heavy atom. The van der Waals surface area contributed by atoms with Crippen molar-refractivity contribution in [2.45, 2.75) is 19.9 Å². The fourth-order valence-electron chi connectivity index (χ4n) is 3.37. The molecule has 1 amide bonds. The Bertz CT molecular complexity index is 1380. The van der Waals surface area contributed by atoms with Gasteiger partial charge in [-0.05, 0) is 30.7 Å². The lowest BCUT2D eigenvalue weighted by molar-refractivity contribution is 0.0734. The van der Waals surface area contributed by atoms with E-state index in [9.17, 15) is 14.4 Å². The van der Waals surface area contributed by atoms with Crippen LogP contribution in [-0.4, -0.2) is 37.5 Å². The second-order valence-electron chi connectivity index (χ2n) is 6.85. The molecule has 0 aliphatic rings. The number of aromatic nitrogens is 4. The van der Waals surface area contributed by atoms with Crippen LogP contribution in [0.1, 0.15) is 29.7 Å². The second kappa shape index (κ2) is 8.08. The molecule has 2 heterocycles. The molecule has 0 atom stereocenters. The third-order valence-electron chi connectivity index (χ3n) is 4.74. The number of fused-ring (bicyclic) bond motifs is 2. The molecule has 4 aromatic rings. The minimum Gasteiger partial charge on any atom is -0.330 e. The van der Waals surface area contributed by atoms with Crippen molar-refractivity contribution in [1.82, 2.24) is 25.1 Å². The molecule has 0 spiro atoms. The van der Waals surface area contributed by atoms with Gasteiger partial charge in [-0.2, -0.15) is 5.10 Å². The first-order valence-corrected chi connectivity index (χ1v) is 9.81. The molecule has 0 saturated carbocycles. The molecule has 9 heteroatoms. The summed E-state index contributed by atoms with van der Waals surface area (Å²) in [4.78, 5) is 46.4. The third kappa shape index (κ3) is 3.69. The molecule has 0 unspecified atom stereocenters. The molecule has 0 fully saturated rings. The van der Waals surface area contributed by atoms with Crippen molar-refractivity contribution in [3.8, 4) is 0 Å². The summed E-state index contributed by atoms with van der Waals surface area (Å²) in [7, 11) is 0. The number of benzene rings is 2. The van der Waals surface area contributed by atoms with Gasteiger partial charge in [0.25, 0.3) is 17.0 Å². The van der Waals surface area contributed by atoms with E-state index < -0.39 is 0 Å². The first kappa shape index (κ1) is 19.8. The van der Waals surface area contributed by atoms with Crippen molar-refractivity contribution >= 4 is 39.2 Å². The van der Waals surface area contributed by atoms with E-state index in [1.54, 1.807) is 47.4 Å². The van der Waals surface area contributed by atoms with Gasteiger partial charge in [-0.1, -0.05) is 36.7 Å². The highest BCUT2D eigenvalue weighted by Gasteiger charge is 2.21. The van der Waals surface area contributed by atoms with Crippen molar-refractivity contribution in [3.05, 3.63) is 79.7 Å². The van der Waals surface area contributed by atoms with E-state index in [2.05, 4.69) is 20.2 Å². The summed E-state index contributed by atoms with van der Waals surface area (Å²) in [6, 6.07) is 11.6. The molecule has 152 valence electrons. The minimum absolute atomic E-state index is 0.0828. The third-order valence-corrected chi connectivity index (χ3v) is 4.97. The first-order valence-electron chi connectivity index (χ1n) is 9.43. The van der Waals surface area contributed by atoms with E-state index in [4.69, 9.17) is 11.6 Å². The molecule has 0 bridgehead atoms. The summed E-state index contributed by atoms with van der Waals surface area (Å²) in [6.07, 6.45) is 0.691. The number of halogens is 1. The number of nitrogens with one attached hydrogen (secondary N) is 2. The summed E-state index contributed by atoms with van der Waals surface area (Å²) in [5, 5.41) is 8.12. The van der Waals surface area contributed by atoms with Crippen molar-refractivity contribution in [2.75, 3.05) is 6.54 Å². The number of carbonyl (C=O) groups excluding carboxylic acids is 1. The van der Waals surface area contributed by atoms with Crippen LogP contribution in [0.3, 0.4) is 0 Å². The Hall–Kier alpha value is -3.52. The number of amides is 1. The Kier molecular flexibility index (Phi) is 5.33. The topological polar surface area (TPSA) is 112 Å². The minimum atomic E-state index is -0.363. The van der Waals surface area contributed by atoms with Crippen molar-refractivity contribution in [2.24, 2.45) is 0 Å². The Labute approximate surface area is 175 Å². The normalized spacial score (nSPS) is 11.1. The second-order valence-corrected chi connectivity index (χ2v) is 7.28. The highest BCUT2D eigenvalue weighted by molar-refractivity contribution is 6.31. The SMILES string of the molecule is CCCN(Cc1nc2cc(Cl)ccc2c(=O)[nH]1)C(=O)c1n[nH]c(=O)c2ccccc12. The highest BCUT2D eigenvalue weighted by Crippen LogP contribution is 2.17. The van der Waals surface area contributed by atoms with Crippen LogP contribution < -0.4 is 11.1 Å². The zero-order valence-corrected chi connectivity index (χ0v) is 16.9. The quantitative estimate of drug-likeness (QED) is 0.512.